The summed E-state index contributed by atoms with van der Waals surface area (Å²) in [6, 6.07) is 6.18. The topological polar surface area (TPSA) is 82.3 Å². The average molecular weight is 403 g/mol. The molecule has 0 bridgehead atoms. The molecule has 2 aromatic rings. The van der Waals surface area contributed by atoms with Crippen molar-refractivity contribution in [3.05, 3.63) is 58.6 Å². The van der Waals surface area contributed by atoms with Gasteiger partial charge in [0.25, 0.3) is 5.91 Å². The van der Waals surface area contributed by atoms with E-state index in [2.05, 4.69) is 21.0 Å². The van der Waals surface area contributed by atoms with E-state index in [4.69, 9.17) is 4.84 Å². The molecule has 0 aliphatic carbocycles. The van der Waals surface area contributed by atoms with Crippen LogP contribution >= 0.6 is 11.8 Å². The lowest BCUT2D eigenvalue weighted by atomic mass is 9.96. The second-order valence-corrected chi connectivity index (χ2v) is 7.84. The predicted molar refractivity (Wildman–Crippen MR) is 106 cm³/mol. The standard InChI is InChI=1S/C19H22FN5O2S/c1-27-24-18(26)16-17(12-6-8-21-9-7-12)28-19(13-10-22-23-11-13)25(16)15-4-2-14(20)3-5-15/h2-5,10-12,19,21H,6-9H2,1H3,(H,22,23)(H,24,26). The van der Waals surface area contributed by atoms with Gasteiger partial charge in [-0.2, -0.15) is 5.10 Å². The molecular formula is C19H22FN5O2S. The third kappa shape index (κ3) is 3.65. The summed E-state index contributed by atoms with van der Waals surface area (Å²) in [5.74, 6) is -0.344. The first-order valence-electron chi connectivity index (χ1n) is 9.17. The zero-order valence-electron chi connectivity index (χ0n) is 15.4. The third-order valence-corrected chi connectivity index (χ3v) is 6.46. The molecular weight excluding hydrogens is 381 g/mol. The Labute approximate surface area is 166 Å². The molecule has 1 amide bonds. The van der Waals surface area contributed by atoms with Gasteiger partial charge in [0.15, 0.2) is 0 Å². The number of aromatic nitrogens is 2. The number of rotatable bonds is 5. The summed E-state index contributed by atoms with van der Waals surface area (Å²) in [5, 5.41) is 10.1. The fourth-order valence-electron chi connectivity index (χ4n) is 3.68. The summed E-state index contributed by atoms with van der Waals surface area (Å²) < 4.78 is 13.5. The van der Waals surface area contributed by atoms with E-state index in [1.54, 1.807) is 30.1 Å². The van der Waals surface area contributed by atoms with Gasteiger partial charge in [0.1, 0.15) is 16.9 Å². The second kappa shape index (κ2) is 8.34. The zero-order valence-corrected chi connectivity index (χ0v) is 16.3. The number of hydrogen-bond acceptors (Lipinski definition) is 6. The van der Waals surface area contributed by atoms with Crippen molar-refractivity contribution >= 4 is 23.4 Å². The summed E-state index contributed by atoms with van der Waals surface area (Å²) in [6.45, 7) is 1.83. The normalized spacial score (nSPS) is 20.6. The summed E-state index contributed by atoms with van der Waals surface area (Å²) >= 11 is 1.65. The fourth-order valence-corrected chi connectivity index (χ4v) is 5.25. The van der Waals surface area contributed by atoms with Crippen LogP contribution in [-0.4, -0.2) is 36.3 Å². The van der Waals surface area contributed by atoms with Crippen LogP contribution in [0.3, 0.4) is 0 Å². The van der Waals surface area contributed by atoms with Gasteiger partial charge >= 0.3 is 0 Å². The Hall–Kier alpha value is -2.36. The Bertz CT molecular complexity index is 850. The van der Waals surface area contributed by atoms with Crippen molar-refractivity contribution in [3.63, 3.8) is 0 Å². The van der Waals surface area contributed by atoms with Crippen molar-refractivity contribution in [1.82, 2.24) is 21.0 Å². The highest BCUT2D eigenvalue weighted by Gasteiger charge is 2.41. The number of carbonyl (C=O) groups is 1. The Morgan fingerprint density at radius 3 is 2.71 bits per heavy atom. The summed E-state index contributed by atoms with van der Waals surface area (Å²) in [5.41, 5.74) is 4.71. The van der Waals surface area contributed by atoms with Gasteiger partial charge in [-0.1, -0.05) is 11.8 Å². The van der Waals surface area contributed by atoms with Crippen LogP contribution in [0.15, 0.2) is 47.3 Å². The van der Waals surface area contributed by atoms with Crippen LogP contribution < -0.4 is 15.7 Å². The molecule has 3 N–H and O–H groups in total. The summed E-state index contributed by atoms with van der Waals surface area (Å²) in [7, 11) is 1.42. The Kier molecular flexibility index (Phi) is 5.65. The molecule has 0 spiro atoms. The first kappa shape index (κ1) is 19.0. The number of hydrogen-bond donors (Lipinski definition) is 3. The molecule has 2 aliphatic rings. The highest BCUT2D eigenvalue weighted by Crippen LogP contribution is 2.53. The van der Waals surface area contributed by atoms with E-state index in [0.29, 0.717) is 5.70 Å². The molecule has 1 saturated heterocycles. The number of amides is 1. The molecule has 1 aromatic carbocycles. The number of allylic oxidation sites excluding steroid dienone is 1. The molecule has 2 aliphatic heterocycles. The molecule has 9 heteroatoms. The van der Waals surface area contributed by atoms with Gasteiger partial charge in [0.05, 0.1) is 13.3 Å². The van der Waals surface area contributed by atoms with Crippen LogP contribution in [0.4, 0.5) is 10.1 Å². The van der Waals surface area contributed by atoms with Crippen LogP contribution in [0.1, 0.15) is 23.8 Å². The molecule has 28 heavy (non-hydrogen) atoms. The molecule has 4 rings (SSSR count). The van der Waals surface area contributed by atoms with Crippen molar-refractivity contribution < 1.29 is 14.0 Å². The van der Waals surface area contributed by atoms with Crippen molar-refractivity contribution in [3.8, 4) is 0 Å². The number of thioether (sulfide) groups is 1. The maximum absolute atomic E-state index is 13.5. The maximum Gasteiger partial charge on any atom is 0.292 e. The molecule has 1 unspecified atom stereocenters. The largest absolute Gasteiger partial charge is 0.319 e. The first-order valence-corrected chi connectivity index (χ1v) is 10.1. The highest BCUT2D eigenvalue weighted by atomic mass is 32.2. The van der Waals surface area contributed by atoms with Gasteiger partial charge in [-0.15, -0.1) is 0 Å². The van der Waals surface area contributed by atoms with Crippen molar-refractivity contribution in [2.45, 2.75) is 18.2 Å². The zero-order chi connectivity index (χ0) is 19.5. The second-order valence-electron chi connectivity index (χ2n) is 6.72. The third-order valence-electron chi connectivity index (χ3n) is 4.98. The lowest BCUT2D eigenvalue weighted by Gasteiger charge is -2.28. The quantitative estimate of drug-likeness (QED) is 0.666. The maximum atomic E-state index is 13.5. The summed E-state index contributed by atoms with van der Waals surface area (Å²) in [4.78, 5) is 20.9. The molecule has 1 atom stereocenters. The molecule has 0 radical (unpaired) electrons. The number of piperidine rings is 1. The molecule has 0 saturated carbocycles. The monoisotopic (exact) mass is 403 g/mol. The van der Waals surface area contributed by atoms with E-state index < -0.39 is 0 Å². The number of benzene rings is 1. The minimum atomic E-state index is -0.319. The van der Waals surface area contributed by atoms with Crippen LogP contribution in [0.25, 0.3) is 0 Å². The van der Waals surface area contributed by atoms with E-state index in [1.807, 2.05) is 11.1 Å². The SMILES string of the molecule is CONC(=O)C1=C(C2CCNCC2)SC(c2cn[nH]c2)N1c1ccc(F)cc1. The number of aromatic amines is 1. The Morgan fingerprint density at radius 2 is 2.07 bits per heavy atom. The molecule has 3 heterocycles. The minimum absolute atomic E-state index is 0.174. The molecule has 7 nitrogen and oxygen atoms in total. The van der Waals surface area contributed by atoms with Gasteiger partial charge < -0.3 is 10.2 Å². The first-order chi connectivity index (χ1) is 13.7. The van der Waals surface area contributed by atoms with Gasteiger partial charge in [0.2, 0.25) is 0 Å². The molecule has 148 valence electrons. The lowest BCUT2D eigenvalue weighted by molar-refractivity contribution is -0.127. The number of anilines is 1. The number of halogens is 1. The Balaban J connectivity index is 1.81. The number of H-pyrrole nitrogens is 1. The van der Waals surface area contributed by atoms with Crippen LogP contribution in [-0.2, 0) is 9.63 Å². The van der Waals surface area contributed by atoms with E-state index in [1.165, 1.54) is 19.2 Å². The van der Waals surface area contributed by atoms with Crippen LogP contribution in [0.5, 0.6) is 0 Å². The number of nitrogens with one attached hydrogen (secondary N) is 3. The highest BCUT2D eigenvalue weighted by molar-refractivity contribution is 8.03. The predicted octanol–water partition coefficient (Wildman–Crippen LogP) is 2.69. The molecule has 1 fully saturated rings. The lowest BCUT2D eigenvalue weighted by Crippen LogP contribution is -2.35. The van der Waals surface area contributed by atoms with E-state index in [0.717, 1.165) is 42.1 Å². The van der Waals surface area contributed by atoms with E-state index in [-0.39, 0.29) is 23.0 Å². The number of hydroxylamine groups is 1. The number of carbonyl (C=O) groups excluding carboxylic acids is 1. The van der Waals surface area contributed by atoms with Crippen LogP contribution in [0, 0.1) is 11.7 Å². The summed E-state index contributed by atoms with van der Waals surface area (Å²) in [6.07, 6.45) is 5.50. The van der Waals surface area contributed by atoms with Crippen LogP contribution in [0.2, 0.25) is 0 Å². The Morgan fingerprint density at radius 1 is 1.32 bits per heavy atom. The molecule has 1 aromatic heterocycles. The van der Waals surface area contributed by atoms with E-state index in [9.17, 15) is 9.18 Å². The smallest absolute Gasteiger partial charge is 0.292 e. The van der Waals surface area contributed by atoms with Crippen molar-refractivity contribution in [2.24, 2.45) is 5.92 Å². The van der Waals surface area contributed by atoms with Crippen molar-refractivity contribution in [1.29, 1.82) is 0 Å². The van der Waals surface area contributed by atoms with Crippen molar-refractivity contribution in [2.75, 3.05) is 25.1 Å². The van der Waals surface area contributed by atoms with Gasteiger partial charge in [0, 0.05) is 22.4 Å². The van der Waals surface area contributed by atoms with Gasteiger partial charge in [-0.25, -0.2) is 9.87 Å². The fraction of sp³-hybridized carbons (Fsp3) is 0.368. The van der Waals surface area contributed by atoms with Gasteiger partial charge in [-0.3, -0.25) is 14.7 Å². The van der Waals surface area contributed by atoms with Gasteiger partial charge in [-0.05, 0) is 56.1 Å². The van der Waals surface area contributed by atoms with E-state index >= 15 is 0 Å². The average Bonchev–Trinajstić information content (AvgIpc) is 3.37. The number of nitrogens with zero attached hydrogens (tertiary/aromatic N) is 2. The minimum Gasteiger partial charge on any atom is -0.319 e.